The molecule has 0 aromatic heterocycles. The highest BCUT2D eigenvalue weighted by atomic mass is 28.3. The monoisotopic (exact) mass is 456 g/mol. The first-order valence-electron chi connectivity index (χ1n) is 10.3. The minimum Gasteiger partial charge on any atom is -0.293 e. The van der Waals surface area contributed by atoms with E-state index in [1.165, 1.54) is 0 Å². The van der Waals surface area contributed by atoms with Crippen LogP contribution in [0.25, 0.3) is 0 Å². The number of imide groups is 2. The normalized spacial score (nSPS) is 22.9. The van der Waals surface area contributed by atoms with Crippen molar-refractivity contribution in [2.24, 2.45) is 11.8 Å². The van der Waals surface area contributed by atoms with Crippen molar-refractivity contribution >= 4 is 45.9 Å². The standard InChI is InChI=1S/C19H32N2O7Si2/c1-29(2,3)9-7-13-11-15(22)20(17(13)24)27-19(26)28-21-16(23)12-14(18(21)25)8-10-30(4,5)6/h13-14H,7-12H2,1-6H3. The van der Waals surface area contributed by atoms with E-state index in [1.54, 1.807) is 0 Å². The molecular weight excluding hydrogens is 424 g/mol. The summed E-state index contributed by atoms with van der Waals surface area (Å²) in [4.78, 5) is 70.6. The number of carbonyl (C=O) groups excluding carboxylic acids is 5. The zero-order valence-corrected chi connectivity index (χ0v) is 20.6. The van der Waals surface area contributed by atoms with Crippen LogP contribution in [0.3, 0.4) is 0 Å². The molecule has 0 saturated carbocycles. The van der Waals surface area contributed by atoms with E-state index >= 15 is 0 Å². The van der Waals surface area contributed by atoms with Gasteiger partial charge in [-0.15, -0.1) is 0 Å². The van der Waals surface area contributed by atoms with Crippen molar-refractivity contribution in [2.75, 3.05) is 0 Å². The van der Waals surface area contributed by atoms with Gasteiger partial charge in [0.25, 0.3) is 23.6 Å². The summed E-state index contributed by atoms with van der Waals surface area (Å²) in [6.45, 7) is 13.0. The van der Waals surface area contributed by atoms with Gasteiger partial charge in [-0.05, 0) is 12.8 Å². The van der Waals surface area contributed by atoms with Gasteiger partial charge in [-0.25, -0.2) is 0 Å². The van der Waals surface area contributed by atoms with Gasteiger partial charge in [0.1, 0.15) is 0 Å². The van der Waals surface area contributed by atoms with E-state index in [4.69, 9.17) is 9.68 Å². The lowest BCUT2D eigenvalue weighted by atomic mass is 10.1. The summed E-state index contributed by atoms with van der Waals surface area (Å²) >= 11 is 0. The fraction of sp³-hybridized carbons (Fsp3) is 0.737. The lowest BCUT2D eigenvalue weighted by Crippen LogP contribution is -2.39. The molecule has 30 heavy (non-hydrogen) atoms. The number of hydrogen-bond donors (Lipinski definition) is 0. The largest absolute Gasteiger partial charge is 0.560 e. The number of rotatable bonds is 8. The number of nitrogens with zero attached hydrogens (tertiary/aromatic N) is 2. The fourth-order valence-corrected chi connectivity index (χ4v) is 5.79. The van der Waals surface area contributed by atoms with Crippen LogP contribution in [0.15, 0.2) is 0 Å². The van der Waals surface area contributed by atoms with Gasteiger partial charge in [-0.2, -0.15) is 4.79 Å². The molecule has 0 spiro atoms. The zero-order valence-electron chi connectivity index (χ0n) is 18.6. The highest BCUT2D eigenvalue weighted by Crippen LogP contribution is 2.29. The molecule has 4 amide bonds. The number of hydrogen-bond acceptors (Lipinski definition) is 7. The van der Waals surface area contributed by atoms with Crippen LogP contribution in [-0.4, -0.2) is 56.1 Å². The van der Waals surface area contributed by atoms with E-state index in [2.05, 4.69) is 39.3 Å². The Kier molecular flexibility index (Phi) is 7.28. The molecule has 2 unspecified atom stereocenters. The molecule has 2 aliphatic rings. The fourth-order valence-electron chi connectivity index (χ4n) is 3.36. The first kappa shape index (κ1) is 24.3. The summed E-state index contributed by atoms with van der Waals surface area (Å²) in [5.41, 5.74) is 0. The average molecular weight is 457 g/mol. The molecule has 0 aromatic carbocycles. The van der Waals surface area contributed by atoms with Crippen LogP contribution in [0.1, 0.15) is 25.7 Å². The van der Waals surface area contributed by atoms with Gasteiger partial charge in [-0.3, -0.25) is 28.9 Å². The maximum atomic E-state index is 12.4. The number of amides is 4. The van der Waals surface area contributed by atoms with Crippen LogP contribution < -0.4 is 0 Å². The lowest BCUT2D eigenvalue weighted by Gasteiger charge is -2.19. The third-order valence-electron chi connectivity index (χ3n) is 5.21. The SMILES string of the molecule is C[Si](C)(C)CCC1CC(=O)N(OC(=O)ON2C(=O)CC(CC[Si](C)(C)C)C2=O)C1=O. The van der Waals surface area contributed by atoms with Crippen molar-refractivity contribution in [1.29, 1.82) is 0 Å². The zero-order chi connectivity index (χ0) is 22.9. The van der Waals surface area contributed by atoms with Crippen LogP contribution in [-0.2, 0) is 28.9 Å². The van der Waals surface area contributed by atoms with Crippen molar-refractivity contribution < 1.29 is 33.6 Å². The maximum Gasteiger partial charge on any atom is 0.560 e. The van der Waals surface area contributed by atoms with Crippen molar-refractivity contribution in [3.05, 3.63) is 0 Å². The predicted octanol–water partition coefficient (Wildman–Crippen LogP) is 3.18. The lowest BCUT2D eigenvalue weighted by molar-refractivity contribution is -0.199. The molecule has 0 aliphatic carbocycles. The second-order valence-electron chi connectivity index (χ2n) is 10.5. The van der Waals surface area contributed by atoms with Crippen molar-refractivity contribution in [3.8, 4) is 0 Å². The molecule has 2 atom stereocenters. The van der Waals surface area contributed by atoms with Crippen LogP contribution in [0.4, 0.5) is 4.79 Å². The summed E-state index contributed by atoms with van der Waals surface area (Å²) < 4.78 is 0. The van der Waals surface area contributed by atoms with Gasteiger partial charge in [0.05, 0.1) is 11.8 Å². The first-order valence-corrected chi connectivity index (χ1v) is 17.7. The van der Waals surface area contributed by atoms with Crippen LogP contribution >= 0.6 is 0 Å². The molecule has 9 nitrogen and oxygen atoms in total. The average Bonchev–Trinajstić information content (AvgIpc) is 3.01. The quantitative estimate of drug-likeness (QED) is 0.407. The second kappa shape index (κ2) is 9.00. The second-order valence-corrected chi connectivity index (χ2v) is 21.7. The Hall–Kier alpha value is -2.02. The van der Waals surface area contributed by atoms with Crippen LogP contribution in [0.2, 0.25) is 51.4 Å². The molecule has 0 N–H and O–H groups in total. The van der Waals surface area contributed by atoms with Crippen LogP contribution in [0, 0.1) is 11.8 Å². The van der Waals surface area contributed by atoms with E-state index in [0.717, 1.165) is 12.1 Å². The van der Waals surface area contributed by atoms with Crippen molar-refractivity contribution in [1.82, 2.24) is 10.1 Å². The molecule has 0 aromatic rings. The van der Waals surface area contributed by atoms with E-state index < -0.39 is 57.8 Å². The Morgan fingerprint density at radius 1 is 0.767 bits per heavy atom. The summed E-state index contributed by atoms with van der Waals surface area (Å²) in [5.74, 6) is -3.52. The van der Waals surface area contributed by atoms with E-state index in [0.29, 0.717) is 23.0 Å². The first-order chi connectivity index (χ1) is 13.7. The predicted molar refractivity (Wildman–Crippen MR) is 113 cm³/mol. The molecule has 0 radical (unpaired) electrons. The Balaban J connectivity index is 1.90. The van der Waals surface area contributed by atoms with Crippen LogP contribution in [0.5, 0.6) is 0 Å². The molecule has 2 fully saturated rings. The molecule has 2 aliphatic heterocycles. The third kappa shape index (κ3) is 6.49. The van der Waals surface area contributed by atoms with E-state index in [1.807, 2.05) is 0 Å². The molecule has 2 rings (SSSR count). The summed E-state index contributed by atoms with van der Waals surface area (Å²) in [7, 11) is -2.78. The number of hydroxylamine groups is 4. The Morgan fingerprint density at radius 3 is 1.40 bits per heavy atom. The minimum atomic E-state index is -1.45. The third-order valence-corrected chi connectivity index (χ3v) is 8.79. The highest BCUT2D eigenvalue weighted by Gasteiger charge is 2.45. The minimum absolute atomic E-state index is 0.0308. The molecule has 11 heteroatoms. The van der Waals surface area contributed by atoms with Gasteiger partial charge in [0.15, 0.2) is 0 Å². The Bertz CT molecular complexity index is 682. The molecule has 2 heterocycles. The van der Waals surface area contributed by atoms with Gasteiger partial charge in [0.2, 0.25) is 0 Å². The topological polar surface area (TPSA) is 110 Å². The smallest absolute Gasteiger partial charge is 0.293 e. The van der Waals surface area contributed by atoms with E-state index in [-0.39, 0.29) is 12.8 Å². The highest BCUT2D eigenvalue weighted by molar-refractivity contribution is 6.76. The van der Waals surface area contributed by atoms with Gasteiger partial charge < -0.3 is 0 Å². The van der Waals surface area contributed by atoms with Gasteiger partial charge in [-0.1, -0.05) is 61.5 Å². The van der Waals surface area contributed by atoms with Crippen molar-refractivity contribution in [3.63, 3.8) is 0 Å². The van der Waals surface area contributed by atoms with Crippen molar-refractivity contribution in [2.45, 2.75) is 77.1 Å². The summed E-state index contributed by atoms with van der Waals surface area (Å²) in [5, 5.41) is 0.788. The van der Waals surface area contributed by atoms with Gasteiger partial charge >= 0.3 is 6.16 Å². The molecule has 168 valence electrons. The summed E-state index contributed by atoms with van der Waals surface area (Å²) in [6.07, 6.45) is -0.405. The summed E-state index contributed by atoms with van der Waals surface area (Å²) in [6, 6.07) is 1.73. The molecule has 2 saturated heterocycles. The molecule has 0 bridgehead atoms. The Labute approximate surface area is 179 Å². The Morgan fingerprint density at radius 2 is 1.10 bits per heavy atom. The maximum absolute atomic E-state index is 12.4. The molecular formula is C19H32N2O7Si2. The van der Waals surface area contributed by atoms with E-state index in [9.17, 15) is 24.0 Å². The van der Waals surface area contributed by atoms with Gasteiger partial charge in [0, 0.05) is 29.0 Å². The number of carbonyl (C=O) groups is 5.